The zero-order valence-corrected chi connectivity index (χ0v) is 14.2. The third-order valence-corrected chi connectivity index (χ3v) is 4.72. The van der Waals surface area contributed by atoms with E-state index < -0.39 is 11.0 Å². The molecule has 1 saturated heterocycles. The van der Waals surface area contributed by atoms with E-state index >= 15 is 0 Å². The summed E-state index contributed by atoms with van der Waals surface area (Å²) in [4.78, 5) is 24.4. The first kappa shape index (κ1) is 17.9. The van der Waals surface area contributed by atoms with Crippen molar-refractivity contribution >= 4 is 17.4 Å². The number of nitrogens with zero attached hydrogens (tertiary/aromatic N) is 2. The third-order valence-electron chi connectivity index (χ3n) is 4.72. The summed E-state index contributed by atoms with van der Waals surface area (Å²) in [6.07, 6.45) is 0.884. The van der Waals surface area contributed by atoms with Gasteiger partial charge in [-0.2, -0.15) is 0 Å². The minimum absolute atomic E-state index is 0.0625. The number of amides is 2. The van der Waals surface area contributed by atoms with Crippen LogP contribution in [0.3, 0.4) is 0 Å². The lowest BCUT2D eigenvalue weighted by atomic mass is 9.87. The Bertz CT molecular complexity index is 773. The number of non-ortho nitro benzene ring substituents is 1. The van der Waals surface area contributed by atoms with Crippen molar-refractivity contribution in [2.24, 2.45) is 5.92 Å². The highest BCUT2D eigenvalue weighted by atomic mass is 16.6. The lowest BCUT2D eigenvalue weighted by molar-refractivity contribution is -0.384. The molecule has 1 unspecified atom stereocenters. The highest BCUT2D eigenvalue weighted by Crippen LogP contribution is 2.30. The van der Waals surface area contributed by atoms with E-state index in [1.54, 1.807) is 11.0 Å². The molecule has 1 atom stereocenters. The van der Waals surface area contributed by atoms with Gasteiger partial charge in [-0.15, -0.1) is 0 Å². The molecular formula is C19H21N3O4. The number of nitro groups is 1. The first-order valence-electron chi connectivity index (χ1n) is 8.58. The molecule has 136 valence electrons. The zero-order chi connectivity index (χ0) is 18.5. The van der Waals surface area contributed by atoms with E-state index in [1.807, 2.05) is 30.3 Å². The largest absolute Gasteiger partial charge is 0.388 e. The van der Waals surface area contributed by atoms with Crippen LogP contribution < -0.4 is 5.32 Å². The molecule has 26 heavy (non-hydrogen) atoms. The standard InChI is InChI=1S/C19H21N3O4/c23-18(14-5-2-1-3-6-14)15-9-11-21(12-10-15)19(24)20-16-7-4-8-17(13-16)22(25)26/h1-8,13,15,18,23H,9-12H2,(H,20,24). The van der Waals surface area contributed by atoms with E-state index in [0.29, 0.717) is 31.6 Å². The molecule has 0 aliphatic carbocycles. The SMILES string of the molecule is O=C(Nc1cccc([N+](=O)[O-])c1)N1CCC(C(O)c2ccccc2)CC1. The summed E-state index contributed by atoms with van der Waals surface area (Å²) in [6, 6.07) is 15.1. The summed E-state index contributed by atoms with van der Waals surface area (Å²) in [5.41, 5.74) is 1.23. The van der Waals surface area contributed by atoms with Crippen LogP contribution >= 0.6 is 0 Å². The molecule has 2 N–H and O–H groups in total. The van der Waals surface area contributed by atoms with Gasteiger partial charge in [-0.3, -0.25) is 10.1 Å². The molecule has 0 spiro atoms. The average molecular weight is 355 g/mol. The predicted molar refractivity (Wildman–Crippen MR) is 97.8 cm³/mol. The van der Waals surface area contributed by atoms with Gasteiger partial charge in [-0.05, 0) is 30.4 Å². The number of aliphatic hydroxyl groups excluding tert-OH is 1. The number of likely N-dealkylation sites (tertiary alicyclic amines) is 1. The number of piperidine rings is 1. The van der Waals surface area contributed by atoms with Crippen molar-refractivity contribution in [2.45, 2.75) is 18.9 Å². The maximum absolute atomic E-state index is 12.4. The summed E-state index contributed by atoms with van der Waals surface area (Å²) in [5, 5.41) is 24.0. The molecule has 1 aliphatic heterocycles. The molecule has 2 aromatic rings. The third kappa shape index (κ3) is 4.18. The normalized spacial score (nSPS) is 16.1. The van der Waals surface area contributed by atoms with E-state index in [-0.39, 0.29) is 17.6 Å². The maximum Gasteiger partial charge on any atom is 0.321 e. The Kier molecular flexibility index (Phi) is 5.48. The number of benzene rings is 2. The number of aliphatic hydroxyl groups is 1. The molecule has 1 aliphatic rings. The number of anilines is 1. The van der Waals surface area contributed by atoms with Gasteiger partial charge in [0.25, 0.3) is 5.69 Å². The second-order valence-electron chi connectivity index (χ2n) is 6.42. The van der Waals surface area contributed by atoms with Crippen LogP contribution in [0, 0.1) is 16.0 Å². The van der Waals surface area contributed by atoms with Gasteiger partial charge in [-0.25, -0.2) is 4.79 Å². The fraction of sp³-hybridized carbons (Fsp3) is 0.316. The van der Waals surface area contributed by atoms with Crippen molar-refractivity contribution in [1.82, 2.24) is 4.90 Å². The predicted octanol–water partition coefficient (Wildman–Crippen LogP) is 3.57. The van der Waals surface area contributed by atoms with E-state index in [2.05, 4.69) is 5.32 Å². The number of nitrogens with one attached hydrogen (secondary N) is 1. The fourth-order valence-corrected chi connectivity index (χ4v) is 3.24. The van der Waals surface area contributed by atoms with E-state index in [4.69, 9.17) is 0 Å². The van der Waals surface area contributed by atoms with Crippen LogP contribution in [0.1, 0.15) is 24.5 Å². The van der Waals surface area contributed by atoms with Gasteiger partial charge in [0.2, 0.25) is 0 Å². The van der Waals surface area contributed by atoms with Crippen LogP contribution in [0.15, 0.2) is 54.6 Å². The number of rotatable bonds is 4. The number of nitro benzene ring substituents is 1. The van der Waals surface area contributed by atoms with Crippen LogP contribution in [0.5, 0.6) is 0 Å². The van der Waals surface area contributed by atoms with Gasteiger partial charge >= 0.3 is 6.03 Å². The summed E-state index contributed by atoms with van der Waals surface area (Å²) in [5.74, 6) is 0.110. The maximum atomic E-state index is 12.4. The smallest absolute Gasteiger partial charge is 0.321 e. The second kappa shape index (κ2) is 7.97. The van der Waals surface area contributed by atoms with Gasteiger partial charge in [0.15, 0.2) is 0 Å². The van der Waals surface area contributed by atoms with Crippen LogP contribution in [-0.2, 0) is 0 Å². The van der Waals surface area contributed by atoms with Gasteiger partial charge in [-0.1, -0.05) is 36.4 Å². The Morgan fingerprint density at radius 2 is 1.85 bits per heavy atom. The number of urea groups is 1. The Morgan fingerprint density at radius 1 is 1.15 bits per heavy atom. The van der Waals surface area contributed by atoms with E-state index in [0.717, 1.165) is 5.56 Å². The Hall–Kier alpha value is -2.93. The van der Waals surface area contributed by atoms with Crippen molar-refractivity contribution < 1.29 is 14.8 Å². The van der Waals surface area contributed by atoms with Crippen LogP contribution in [0.4, 0.5) is 16.2 Å². The number of hydrogen-bond acceptors (Lipinski definition) is 4. The van der Waals surface area contributed by atoms with E-state index in [9.17, 15) is 20.0 Å². The first-order valence-corrected chi connectivity index (χ1v) is 8.58. The van der Waals surface area contributed by atoms with Crippen molar-refractivity contribution in [3.63, 3.8) is 0 Å². The van der Waals surface area contributed by atoms with Crippen LogP contribution in [-0.4, -0.2) is 34.1 Å². The highest BCUT2D eigenvalue weighted by Gasteiger charge is 2.28. The minimum atomic E-state index is -0.529. The van der Waals surface area contributed by atoms with Crippen molar-refractivity contribution in [2.75, 3.05) is 18.4 Å². The number of carbonyl (C=O) groups is 1. The fourth-order valence-electron chi connectivity index (χ4n) is 3.24. The van der Waals surface area contributed by atoms with Crippen molar-refractivity contribution in [3.8, 4) is 0 Å². The molecular weight excluding hydrogens is 334 g/mol. The van der Waals surface area contributed by atoms with Crippen molar-refractivity contribution in [1.29, 1.82) is 0 Å². The molecule has 7 heteroatoms. The quantitative estimate of drug-likeness (QED) is 0.647. The highest BCUT2D eigenvalue weighted by molar-refractivity contribution is 5.89. The second-order valence-corrected chi connectivity index (χ2v) is 6.42. The minimum Gasteiger partial charge on any atom is -0.388 e. The monoisotopic (exact) mass is 355 g/mol. The molecule has 0 aromatic heterocycles. The zero-order valence-electron chi connectivity index (χ0n) is 14.2. The van der Waals surface area contributed by atoms with Gasteiger partial charge < -0.3 is 15.3 Å². The molecule has 2 amide bonds. The molecule has 0 saturated carbocycles. The molecule has 0 bridgehead atoms. The summed E-state index contributed by atoms with van der Waals surface area (Å²) < 4.78 is 0. The molecule has 3 rings (SSSR count). The Balaban J connectivity index is 1.55. The van der Waals surface area contributed by atoms with Gasteiger partial charge in [0.1, 0.15) is 0 Å². The molecule has 1 heterocycles. The van der Waals surface area contributed by atoms with E-state index in [1.165, 1.54) is 18.2 Å². The van der Waals surface area contributed by atoms with Crippen LogP contribution in [0.2, 0.25) is 0 Å². The van der Waals surface area contributed by atoms with Crippen molar-refractivity contribution in [3.05, 3.63) is 70.3 Å². The summed E-state index contributed by atoms with van der Waals surface area (Å²) in [6.45, 7) is 1.07. The number of carbonyl (C=O) groups excluding carboxylic acids is 1. The lowest BCUT2D eigenvalue weighted by Gasteiger charge is -2.34. The molecule has 1 fully saturated rings. The summed E-state index contributed by atoms with van der Waals surface area (Å²) >= 11 is 0. The van der Waals surface area contributed by atoms with Crippen LogP contribution in [0.25, 0.3) is 0 Å². The molecule has 0 radical (unpaired) electrons. The first-order chi connectivity index (χ1) is 12.5. The summed E-state index contributed by atoms with van der Waals surface area (Å²) in [7, 11) is 0. The number of hydrogen-bond donors (Lipinski definition) is 2. The Morgan fingerprint density at radius 3 is 2.50 bits per heavy atom. The topological polar surface area (TPSA) is 95.7 Å². The van der Waals surface area contributed by atoms with Gasteiger partial charge in [0.05, 0.1) is 11.0 Å². The lowest BCUT2D eigenvalue weighted by Crippen LogP contribution is -2.42. The Labute approximate surface area is 151 Å². The van der Waals surface area contributed by atoms with Gasteiger partial charge in [0, 0.05) is 30.9 Å². The average Bonchev–Trinajstić information content (AvgIpc) is 2.68. The molecule has 2 aromatic carbocycles. The molecule has 7 nitrogen and oxygen atoms in total.